The van der Waals surface area contributed by atoms with Crippen molar-refractivity contribution in [2.75, 3.05) is 26.3 Å². The van der Waals surface area contributed by atoms with Gasteiger partial charge >= 0.3 is 5.97 Å². The molecule has 0 heterocycles. The van der Waals surface area contributed by atoms with Crippen molar-refractivity contribution in [3.8, 4) is 5.75 Å². The SMILES string of the molecule is CCOC(=O)CN(CCOc1ccccc1C)C(C)C. The van der Waals surface area contributed by atoms with Crippen molar-refractivity contribution in [2.24, 2.45) is 0 Å². The van der Waals surface area contributed by atoms with Crippen LogP contribution in [0.25, 0.3) is 0 Å². The molecular weight excluding hydrogens is 254 g/mol. The van der Waals surface area contributed by atoms with Gasteiger partial charge in [-0.05, 0) is 39.3 Å². The van der Waals surface area contributed by atoms with Crippen molar-refractivity contribution < 1.29 is 14.3 Å². The molecule has 0 atom stereocenters. The number of esters is 1. The molecule has 0 bridgehead atoms. The van der Waals surface area contributed by atoms with Gasteiger partial charge in [0.15, 0.2) is 0 Å². The zero-order valence-corrected chi connectivity index (χ0v) is 12.9. The van der Waals surface area contributed by atoms with Crippen LogP contribution in [0.1, 0.15) is 26.3 Å². The van der Waals surface area contributed by atoms with Crippen molar-refractivity contribution in [3.05, 3.63) is 29.8 Å². The molecule has 20 heavy (non-hydrogen) atoms. The highest BCUT2D eigenvalue weighted by atomic mass is 16.5. The van der Waals surface area contributed by atoms with Crippen LogP contribution >= 0.6 is 0 Å². The summed E-state index contributed by atoms with van der Waals surface area (Å²) < 4.78 is 10.8. The number of ether oxygens (including phenoxy) is 2. The summed E-state index contributed by atoms with van der Waals surface area (Å²) in [7, 11) is 0. The third-order valence-electron chi connectivity index (χ3n) is 3.10. The number of para-hydroxylation sites is 1. The Morgan fingerprint density at radius 1 is 1.30 bits per heavy atom. The topological polar surface area (TPSA) is 38.8 Å². The van der Waals surface area contributed by atoms with Crippen LogP contribution in [0.4, 0.5) is 0 Å². The van der Waals surface area contributed by atoms with E-state index in [2.05, 4.69) is 18.7 Å². The largest absolute Gasteiger partial charge is 0.492 e. The molecule has 0 fully saturated rings. The van der Waals surface area contributed by atoms with Gasteiger partial charge in [-0.25, -0.2) is 0 Å². The minimum absolute atomic E-state index is 0.183. The van der Waals surface area contributed by atoms with Crippen LogP contribution in [0.3, 0.4) is 0 Å². The lowest BCUT2D eigenvalue weighted by atomic mass is 10.2. The maximum Gasteiger partial charge on any atom is 0.320 e. The standard InChI is InChI=1S/C16H25NO3/c1-5-19-16(18)12-17(13(2)3)10-11-20-15-9-7-6-8-14(15)4/h6-9,13H,5,10-12H2,1-4H3. The highest BCUT2D eigenvalue weighted by molar-refractivity contribution is 5.71. The summed E-state index contributed by atoms with van der Waals surface area (Å²) in [6.45, 7) is 9.95. The maximum atomic E-state index is 11.5. The molecule has 4 nitrogen and oxygen atoms in total. The third-order valence-corrected chi connectivity index (χ3v) is 3.10. The highest BCUT2D eigenvalue weighted by Gasteiger charge is 2.14. The molecule has 1 aromatic carbocycles. The molecule has 0 radical (unpaired) electrons. The van der Waals surface area contributed by atoms with E-state index >= 15 is 0 Å². The second-order valence-corrected chi connectivity index (χ2v) is 4.98. The summed E-state index contributed by atoms with van der Waals surface area (Å²) in [4.78, 5) is 13.6. The van der Waals surface area contributed by atoms with Crippen LogP contribution in [0.2, 0.25) is 0 Å². The number of aryl methyl sites for hydroxylation is 1. The number of hydrogen-bond acceptors (Lipinski definition) is 4. The number of nitrogens with zero attached hydrogens (tertiary/aromatic N) is 1. The fourth-order valence-electron chi connectivity index (χ4n) is 1.88. The van der Waals surface area contributed by atoms with E-state index in [0.29, 0.717) is 26.3 Å². The van der Waals surface area contributed by atoms with Gasteiger partial charge in [-0.2, -0.15) is 0 Å². The molecule has 0 unspecified atom stereocenters. The number of benzene rings is 1. The molecule has 0 aromatic heterocycles. The summed E-state index contributed by atoms with van der Waals surface area (Å²) in [5.74, 6) is 0.712. The fraction of sp³-hybridized carbons (Fsp3) is 0.562. The maximum absolute atomic E-state index is 11.5. The summed E-state index contributed by atoms with van der Waals surface area (Å²) in [6, 6.07) is 8.21. The highest BCUT2D eigenvalue weighted by Crippen LogP contribution is 2.16. The van der Waals surface area contributed by atoms with Crippen LogP contribution in [0.5, 0.6) is 5.75 Å². The molecule has 0 saturated carbocycles. The van der Waals surface area contributed by atoms with Crippen LogP contribution in [0, 0.1) is 6.92 Å². The summed E-state index contributed by atoms with van der Waals surface area (Å²) in [5.41, 5.74) is 1.12. The Labute approximate surface area is 121 Å². The average Bonchev–Trinajstić information content (AvgIpc) is 2.40. The first-order valence-electron chi connectivity index (χ1n) is 7.12. The first-order chi connectivity index (χ1) is 9.54. The molecule has 0 amide bonds. The average molecular weight is 279 g/mol. The van der Waals surface area contributed by atoms with Crippen molar-refractivity contribution in [3.63, 3.8) is 0 Å². The number of carbonyl (C=O) groups is 1. The minimum atomic E-state index is -0.183. The Morgan fingerprint density at radius 3 is 2.60 bits per heavy atom. The fourth-order valence-corrected chi connectivity index (χ4v) is 1.88. The van der Waals surface area contributed by atoms with Crippen molar-refractivity contribution in [1.29, 1.82) is 0 Å². The zero-order valence-electron chi connectivity index (χ0n) is 12.9. The van der Waals surface area contributed by atoms with Gasteiger partial charge in [-0.15, -0.1) is 0 Å². The summed E-state index contributed by atoms with van der Waals surface area (Å²) in [5, 5.41) is 0. The third kappa shape index (κ3) is 5.61. The Bertz CT molecular complexity index is 418. The van der Waals surface area contributed by atoms with Gasteiger partial charge in [-0.1, -0.05) is 18.2 Å². The number of hydrogen-bond donors (Lipinski definition) is 0. The number of rotatable bonds is 8. The predicted octanol–water partition coefficient (Wildman–Crippen LogP) is 2.65. The normalized spacial score (nSPS) is 10.9. The molecule has 1 aromatic rings. The Balaban J connectivity index is 2.43. The quantitative estimate of drug-likeness (QED) is 0.686. The molecule has 0 spiro atoms. The van der Waals surface area contributed by atoms with Gasteiger partial charge < -0.3 is 9.47 Å². The van der Waals surface area contributed by atoms with Gasteiger partial charge in [0.25, 0.3) is 0 Å². The second-order valence-electron chi connectivity index (χ2n) is 4.98. The molecule has 0 aliphatic heterocycles. The molecule has 0 N–H and O–H groups in total. The van der Waals surface area contributed by atoms with E-state index in [1.807, 2.05) is 38.1 Å². The van der Waals surface area contributed by atoms with Crippen LogP contribution < -0.4 is 4.74 Å². The van der Waals surface area contributed by atoms with E-state index in [9.17, 15) is 4.79 Å². The van der Waals surface area contributed by atoms with E-state index in [1.54, 1.807) is 0 Å². The first kappa shape index (κ1) is 16.5. The van der Waals surface area contributed by atoms with Gasteiger partial charge in [0.05, 0.1) is 13.2 Å². The van der Waals surface area contributed by atoms with Crippen LogP contribution in [-0.2, 0) is 9.53 Å². The zero-order chi connectivity index (χ0) is 15.0. The lowest BCUT2D eigenvalue weighted by Crippen LogP contribution is -2.39. The van der Waals surface area contributed by atoms with Gasteiger partial charge in [0, 0.05) is 12.6 Å². The van der Waals surface area contributed by atoms with E-state index in [4.69, 9.17) is 9.47 Å². The van der Waals surface area contributed by atoms with Gasteiger partial charge in [0.2, 0.25) is 0 Å². The number of carbonyl (C=O) groups excluding carboxylic acids is 1. The Kier molecular flexibility index (Phi) is 7.09. The Morgan fingerprint density at radius 2 is 2.00 bits per heavy atom. The molecular formula is C16H25NO3. The van der Waals surface area contributed by atoms with E-state index in [1.165, 1.54) is 0 Å². The second kappa shape index (κ2) is 8.59. The minimum Gasteiger partial charge on any atom is -0.492 e. The summed E-state index contributed by atoms with van der Waals surface area (Å²) >= 11 is 0. The lowest BCUT2D eigenvalue weighted by molar-refractivity contribution is -0.145. The van der Waals surface area contributed by atoms with E-state index in [0.717, 1.165) is 11.3 Å². The molecule has 112 valence electrons. The molecule has 4 heteroatoms. The van der Waals surface area contributed by atoms with Crippen LogP contribution in [0.15, 0.2) is 24.3 Å². The van der Waals surface area contributed by atoms with Gasteiger partial charge in [-0.3, -0.25) is 9.69 Å². The van der Waals surface area contributed by atoms with Crippen molar-refractivity contribution in [1.82, 2.24) is 4.90 Å². The lowest BCUT2D eigenvalue weighted by Gasteiger charge is -2.25. The van der Waals surface area contributed by atoms with Crippen molar-refractivity contribution in [2.45, 2.75) is 33.7 Å². The predicted molar refractivity (Wildman–Crippen MR) is 80.0 cm³/mol. The molecule has 0 saturated heterocycles. The monoisotopic (exact) mass is 279 g/mol. The molecule has 0 aliphatic carbocycles. The molecule has 1 rings (SSSR count). The van der Waals surface area contributed by atoms with Crippen LogP contribution in [-0.4, -0.2) is 43.2 Å². The van der Waals surface area contributed by atoms with E-state index in [-0.39, 0.29) is 12.0 Å². The smallest absolute Gasteiger partial charge is 0.320 e. The van der Waals surface area contributed by atoms with Gasteiger partial charge in [0.1, 0.15) is 12.4 Å². The van der Waals surface area contributed by atoms with E-state index < -0.39 is 0 Å². The summed E-state index contributed by atoms with van der Waals surface area (Å²) in [6.07, 6.45) is 0. The first-order valence-corrected chi connectivity index (χ1v) is 7.12. The molecule has 0 aliphatic rings. The Hall–Kier alpha value is -1.55. The van der Waals surface area contributed by atoms with Crippen molar-refractivity contribution >= 4 is 5.97 Å².